The molecular formula is C19H40N2O6S. The minimum absolute atomic E-state index is 0.0736. The standard InChI is InChI=1S/C11H23NO5S.C8H17NO/c1-11(2,8-14)17-4-3-12-10(16)7-18-6-9(15)5-13;1-4-8(10)9-6-5-7(2)3/h9,13-15H,3-8H2,1-2H3,(H,12,16);7H,4-6H2,1-3H3,(H,9,10). The molecule has 168 valence electrons. The van der Waals surface area contributed by atoms with Crippen LogP contribution in [0.3, 0.4) is 0 Å². The summed E-state index contributed by atoms with van der Waals surface area (Å²) in [6.07, 6.45) is 0.889. The zero-order valence-corrected chi connectivity index (χ0v) is 18.8. The second-order valence-electron chi connectivity index (χ2n) is 7.35. The number of ether oxygens (including phenoxy) is 1. The van der Waals surface area contributed by atoms with E-state index < -0.39 is 11.7 Å². The molecule has 0 fully saturated rings. The van der Waals surface area contributed by atoms with Crippen LogP contribution in [0.4, 0.5) is 0 Å². The van der Waals surface area contributed by atoms with E-state index in [0.717, 1.165) is 13.0 Å². The number of carbonyl (C=O) groups excluding carboxylic acids is 2. The van der Waals surface area contributed by atoms with Crippen molar-refractivity contribution in [3.63, 3.8) is 0 Å². The molecule has 2 amide bonds. The molecule has 9 heteroatoms. The monoisotopic (exact) mass is 424 g/mol. The van der Waals surface area contributed by atoms with Crippen LogP contribution in [0.5, 0.6) is 0 Å². The van der Waals surface area contributed by atoms with Crippen molar-refractivity contribution in [2.24, 2.45) is 5.92 Å². The summed E-state index contributed by atoms with van der Waals surface area (Å²) < 4.78 is 5.34. The highest BCUT2D eigenvalue weighted by molar-refractivity contribution is 7.99. The van der Waals surface area contributed by atoms with Crippen LogP contribution < -0.4 is 10.6 Å². The van der Waals surface area contributed by atoms with Gasteiger partial charge in [-0.1, -0.05) is 20.8 Å². The van der Waals surface area contributed by atoms with E-state index in [9.17, 15) is 9.59 Å². The highest BCUT2D eigenvalue weighted by atomic mass is 32.2. The Morgan fingerprint density at radius 2 is 1.71 bits per heavy atom. The van der Waals surface area contributed by atoms with Gasteiger partial charge in [0.2, 0.25) is 11.8 Å². The van der Waals surface area contributed by atoms with Crippen molar-refractivity contribution in [2.45, 2.75) is 59.2 Å². The summed E-state index contributed by atoms with van der Waals surface area (Å²) in [4.78, 5) is 22.0. The zero-order valence-electron chi connectivity index (χ0n) is 18.0. The first-order valence-corrected chi connectivity index (χ1v) is 10.9. The summed E-state index contributed by atoms with van der Waals surface area (Å²) in [7, 11) is 0. The van der Waals surface area contributed by atoms with Crippen LogP contribution in [0, 0.1) is 5.92 Å². The van der Waals surface area contributed by atoms with E-state index >= 15 is 0 Å². The number of amides is 2. The van der Waals surface area contributed by atoms with E-state index in [2.05, 4.69) is 24.5 Å². The Morgan fingerprint density at radius 3 is 2.21 bits per heavy atom. The van der Waals surface area contributed by atoms with Gasteiger partial charge in [0.05, 0.1) is 37.3 Å². The largest absolute Gasteiger partial charge is 0.394 e. The third-order valence-corrected chi connectivity index (χ3v) is 4.50. The quantitative estimate of drug-likeness (QED) is 0.257. The van der Waals surface area contributed by atoms with Crippen LogP contribution in [-0.4, -0.2) is 83.3 Å². The third kappa shape index (κ3) is 21.4. The zero-order chi connectivity index (χ0) is 22.0. The molecular weight excluding hydrogens is 384 g/mol. The fourth-order valence-corrected chi connectivity index (χ4v) is 2.36. The molecule has 0 aliphatic carbocycles. The van der Waals surface area contributed by atoms with E-state index in [1.807, 2.05) is 6.92 Å². The first-order valence-electron chi connectivity index (χ1n) is 9.72. The van der Waals surface area contributed by atoms with Crippen molar-refractivity contribution in [3.8, 4) is 0 Å². The molecule has 0 aromatic heterocycles. The Morgan fingerprint density at radius 1 is 1.11 bits per heavy atom. The van der Waals surface area contributed by atoms with Crippen molar-refractivity contribution >= 4 is 23.6 Å². The Balaban J connectivity index is 0. The first-order chi connectivity index (χ1) is 13.1. The highest BCUT2D eigenvalue weighted by Gasteiger charge is 2.16. The van der Waals surface area contributed by atoms with Crippen molar-refractivity contribution in [3.05, 3.63) is 0 Å². The second kappa shape index (κ2) is 18.2. The average molecular weight is 425 g/mol. The molecule has 0 aliphatic heterocycles. The molecule has 0 aliphatic rings. The van der Waals surface area contributed by atoms with Crippen molar-refractivity contribution in [2.75, 3.05) is 44.4 Å². The topological polar surface area (TPSA) is 128 Å². The maximum absolute atomic E-state index is 11.3. The third-order valence-electron chi connectivity index (χ3n) is 3.42. The summed E-state index contributed by atoms with van der Waals surface area (Å²) in [5.74, 6) is 1.26. The van der Waals surface area contributed by atoms with Gasteiger partial charge in [0.15, 0.2) is 0 Å². The summed E-state index contributed by atoms with van der Waals surface area (Å²) >= 11 is 1.26. The van der Waals surface area contributed by atoms with E-state index in [1.165, 1.54) is 11.8 Å². The van der Waals surface area contributed by atoms with Gasteiger partial charge in [-0.15, -0.1) is 11.8 Å². The molecule has 1 unspecified atom stereocenters. The fraction of sp³-hybridized carbons (Fsp3) is 0.895. The van der Waals surface area contributed by atoms with E-state index in [4.69, 9.17) is 20.1 Å². The fourth-order valence-electron chi connectivity index (χ4n) is 1.58. The maximum atomic E-state index is 11.3. The molecule has 0 aromatic carbocycles. The lowest BCUT2D eigenvalue weighted by molar-refractivity contribution is -0.121. The number of aliphatic hydroxyl groups excluding tert-OH is 3. The molecule has 5 N–H and O–H groups in total. The molecule has 0 rings (SSSR count). The molecule has 0 spiro atoms. The number of nitrogens with one attached hydrogen (secondary N) is 2. The molecule has 0 bridgehead atoms. The van der Waals surface area contributed by atoms with Crippen LogP contribution in [0.15, 0.2) is 0 Å². The molecule has 0 heterocycles. The molecule has 0 aromatic rings. The smallest absolute Gasteiger partial charge is 0.230 e. The first kappa shape index (κ1) is 29.3. The van der Waals surface area contributed by atoms with Gasteiger partial charge in [0, 0.05) is 25.3 Å². The van der Waals surface area contributed by atoms with Gasteiger partial charge in [-0.3, -0.25) is 9.59 Å². The second-order valence-corrected chi connectivity index (χ2v) is 8.38. The van der Waals surface area contributed by atoms with Crippen molar-refractivity contribution in [1.29, 1.82) is 0 Å². The molecule has 0 saturated carbocycles. The van der Waals surface area contributed by atoms with Crippen molar-refractivity contribution < 1.29 is 29.6 Å². The average Bonchev–Trinajstić information content (AvgIpc) is 2.65. The molecule has 8 nitrogen and oxygen atoms in total. The van der Waals surface area contributed by atoms with Gasteiger partial charge in [0.1, 0.15) is 0 Å². The Bertz CT molecular complexity index is 408. The van der Waals surface area contributed by atoms with Crippen LogP contribution in [0.2, 0.25) is 0 Å². The predicted octanol–water partition coefficient (Wildman–Crippen LogP) is 0.535. The van der Waals surface area contributed by atoms with Crippen molar-refractivity contribution in [1.82, 2.24) is 10.6 Å². The van der Waals surface area contributed by atoms with Gasteiger partial charge >= 0.3 is 0 Å². The van der Waals surface area contributed by atoms with Gasteiger partial charge in [-0.05, 0) is 26.2 Å². The molecule has 0 radical (unpaired) electrons. The van der Waals surface area contributed by atoms with Crippen LogP contribution in [0.25, 0.3) is 0 Å². The number of aliphatic hydroxyl groups is 3. The summed E-state index contributed by atoms with van der Waals surface area (Å²) in [5.41, 5.74) is -0.593. The minimum atomic E-state index is -0.781. The van der Waals surface area contributed by atoms with Crippen LogP contribution in [0.1, 0.15) is 47.5 Å². The van der Waals surface area contributed by atoms with E-state index in [0.29, 0.717) is 31.2 Å². The normalized spacial score (nSPS) is 12.2. The molecule has 0 saturated heterocycles. The van der Waals surface area contributed by atoms with Gasteiger partial charge in [0.25, 0.3) is 0 Å². The van der Waals surface area contributed by atoms with Crippen LogP contribution in [-0.2, 0) is 14.3 Å². The lowest BCUT2D eigenvalue weighted by Crippen LogP contribution is -2.35. The van der Waals surface area contributed by atoms with Gasteiger partial charge in [-0.2, -0.15) is 0 Å². The maximum Gasteiger partial charge on any atom is 0.230 e. The van der Waals surface area contributed by atoms with E-state index in [1.54, 1.807) is 13.8 Å². The summed E-state index contributed by atoms with van der Waals surface area (Å²) in [5, 5.41) is 32.0. The minimum Gasteiger partial charge on any atom is -0.394 e. The lowest BCUT2D eigenvalue weighted by Gasteiger charge is -2.22. The van der Waals surface area contributed by atoms with E-state index in [-0.39, 0.29) is 30.8 Å². The summed E-state index contributed by atoms with van der Waals surface area (Å²) in [6, 6.07) is 0. The number of rotatable bonds is 14. The number of hydrogen-bond donors (Lipinski definition) is 5. The SMILES string of the molecule is CC(C)(CO)OCCNC(=O)CSCC(O)CO.CCC(=O)NCCC(C)C. The lowest BCUT2D eigenvalue weighted by atomic mass is 10.1. The predicted molar refractivity (Wildman–Crippen MR) is 113 cm³/mol. The highest BCUT2D eigenvalue weighted by Crippen LogP contribution is 2.06. The number of hydrogen-bond acceptors (Lipinski definition) is 7. The number of carbonyl (C=O) groups is 2. The molecule has 1 atom stereocenters. The Kier molecular flexibility index (Phi) is 19.0. The van der Waals surface area contributed by atoms with Gasteiger partial charge < -0.3 is 30.7 Å². The summed E-state index contributed by atoms with van der Waals surface area (Å²) in [6.45, 7) is 10.9. The Hall–Kier alpha value is -0.870. The Labute approximate surface area is 173 Å². The van der Waals surface area contributed by atoms with Crippen LogP contribution >= 0.6 is 11.8 Å². The molecule has 28 heavy (non-hydrogen) atoms. The number of thioether (sulfide) groups is 1. The van der Waals surface area contributed by atoms with Gasteiger partial charge in [-0.25, -0.2) is 0 Å².